The molecule has 3 aliphatic rings. The van der Waals surface area contributed by atoms with Crippen molar-refractivity contribution in [2.75, 3.05) is 13.1 Å². The van der Waals surface area contributed by atoms with Crippen molar-refractivity contribution in [3.05, 3.63) is 42.2 Å². The van der Waals surface area contributed by atoms with Crippen molar-refractivity contribution in [3.63, 3.8) is 0 Å². The molecule has 1 atom stereocenters. The SMILES string of the molecule is O=C(C1CC1)N1CCCC(c2nc(C3CC3)ncc2-c2ccncc2)C1. The average molecular weight is 348 g/mol. The van der Waals surface area contributed by atoms with E-state index < -0.39 is 0 Å². The number of carbonyl (C=O) groups is 1. The standard InChI is InChI=1S/C21H24N4O/c26-21(16-5-6-16)25-11-1-2-17(13-25)19-18(14-7-9-22-10-8-14)12-23-20(24-19)15-3-4-15/h7-10,12,15-17H,1-6,11,13H2. The normalized spacial score (nSPS) is 23.1. The van der Waals surface area contributed by atoms with Crippen LogP contribution < -0.4 is 0 Å². The number of piperidine rings is 1. The largest absolute Gasteiger partial charge is 0.342 e. The Morgan fingerprint density at radius 1 is 1.04 bits per heavy atom. The molecule has 5 rings (SSSR count). The molecule has 1 aliphatic heterocycles. The lowest BCUT2D eigenvalue weighted by molar-refractivity contribution is -0.133. The summed E-state index contributed by atoms with van der Waals surface area (Å²) >= 11 is 0. The molecule has 2 aliphatic carbocycles. The van der Waals surface area contributed by atoms with Crippen molar-refractivity contribution in [2.24, 2.45) is 5.92 Å². The van der Waals surface area contributed by atoms with E-state index in [1.54, 1.807) is 0 Å². The van der Waals surface area contributed by atoms with Gasteiger partial charge in [-0.3, -0.25) is 9.78 Å². The summed E-state index contributed by atoms with van der Waals surface area (Å²) in [4.78, 5) is 28.5. The Hall–Kier alpha value is -2.30. The van der Waals surface area contributed by atoms with Gasteiger partial charge < -0.3 is 4.90 Å². The second-order valence-electron chi connectivity index (χ2n) is 7.93. The number of hydrogen-bond donors (Lipinski definition) is 0. The third-order valence-electron chi connectivity index (χ3n) is 5.82. The fraction of sp³-hybridized carbons (Fsp3) is 0.524. The van der Waals surface area contributed by atoms with Gasteiger partial charge in [0.1, 0.15) is 5.82 Å². The van der Waals surface area contributed by atoms with Gasteiger partial charge in [-0.05, 0) is 56.2 Å². The summed E-state index contributed by atoms with van der Waals surface area (Å²) in [5.41, 5.74) is 3.34. The summed E-state index contributed by atoms with van der Waals surface area (Å²) in [6.07, 6.45) is 12.3. The molecule has 3 heterocycles. The van der Waals surface area contributed by atoms with Crippen LogP contribution in [0.15, 0.2) is 30.7 Å². The molecule has 0 aromatic carbocycles. The number of likely N-dealkylation sites (tertiary alicyclic amines) is 1. The minimum absolute atomic E-state index is 0.292. The summed E-state index contributed by atoms with van der Waals surface area (Å²) in [5.74, 6) is 2.48. The highest BCUT2D eigenvalue weighted by Gasteiger charge is 2.37. The maximum absolute atomic E-state index is 12.6. The van der Waals surface area contributed by atoms with E-state index in [4.69, 9.17) is 4.98 Å². The lowest BCUT2D eigenvalue weighted by Crippen LogP contribution is -2.40. The molecule has 3 fully saturated rings. The van der Waals surface area contributed by atoms with Crippen LogP contribution in [-0.2, 0) is 4.79 Å². The van der Waals surface area contributed by atoms with Crippen molar-refractivity contribution in [1.29, 1.82) is 0 Å². The summed E-state index contributed by atoms with van der Waals surface area (Å²) in [7, 11) is 0. The summed E-state index contributed by atoms with van der Waals surface area (Å²) in [6.45, 7) is 1.70. The van der Waals surface area contributed by atoms with E-state index in [1.165, 1.54) is 12.8 Å². The van der Waals surface area contributed by atoms with Crippen LogP contribution >= 0.6 is 0 Å². The molecule has 2 saturated carbocycles. The zero-order valence-electron chi connectivity index (χ0n) is 15.0. The van der Waals surface area contributed by atoms with Gasteiger partial charge in [0.15, 0.2) is 0 Å². The predicted octanol–water partition coefficient (Wildman–Crippen LogP) is 3.53. The zero-order chi connectivity index (χ0) is 17.5. The Morgan fingerprint density at radius 2 is 1.85 bits per heavy atom. The van der Waals surface area contributed by atoms with Crippen LogP contribution in [0, 0.1) is 5.92 Å². The van der Waals surface area contributed by atoms with Crippen LogP contribution in [-0.4, -0.2) is 38.8 Å². The molecule has 2 aromatic rings. The fourth-order valence-corrected chi connectivity index (χ4v) is 4.00. The average Bonchev–Trinajstić information content (AvgIpc) is 3.59. The molecule has 2 aromatic heterocycles. The lowest BCUT2D eigenvalue weighted by atomic mass is 9.89. The van der Waals surface area contributed by atoms with E-state index in [0.29, 0.717) is 23.7 Å². The van der Waals surface area contributed by atoms with E-state index in [1.807, 2.05) is 30.7 Å². The van der Waals surface area contributed by atoms with Crippen molar-refractivity contribution in [1.82, 2.24) is 19.9 Å². The number of pyridine rings is 1. The molecular weight excluding hydrogens is 324 g/mol. The lowest BCUT2D eigenvalue weighted by Gasteiger charge is -2.33. The van der Waals surface area contributed by atoms with Crippen LogP contribution in [0.3, 0.4) is 0 Å². The van der Waals surface area contributed by atoms with Gasteiger partial charge in [-0.1, -0.05) is 0 Å². The Kier molecular flexibility index (Phi) is 3.95. The Labute approximate surface area is 153 Å². The Balaban J connectivity index is 1.49. The molecule has 5 heteroatoms. The van der Waals surface area contributed by atoms with Crippen LogP contribution in [0.25, 0.3) is 11.1 Å². The molecule has 134 valence electrons. The Morgan fingerprint density at radius 3 is 2.58 bits per heavy atom. The second kappa shape index (κ2) is 6.45. The maximum atomic E-state index is 12.6. The highest BCUT2D eigenvalue weighted by molar-refractivity contribution is 5.81. The molecule has 1 unspecified atom stereocenters. The minimum Gasteiger partial charge on any atom is -0.342 e. The Bertz CT molecular complexity index is 814. The zero-order valence-corrected chi connectivity index (χ0v) is 15.0. The minimum atomic E-state index is 0.292. The van der Waals surface area contributed by atoms with Gasteiger partial charge in [-0.25, -0.2) is 9.97 Å². The van der Waals surface area contributed by atoms with Gasteiger partial charge >= 0.3 is 0 Å². The van der Waals surface area contributed by atoms with Crippen molar-refractivity contribution in [2.45, 2.75) is 50.4 Å². The topological polar surface area (TPSA) is 59.0 Å². The third kappa shape index (κ3) is 3.11. The number of hydrogen-bond acceptors (Lipinski definition) is 4. The molecule has 1 saturated heterocycles. The molecular formula is C21H24N4O. The molecule has 0 spiro atoms. The first-order valence-corrected chi connectivity index (χ1v) is 9.85. The van der Waals surface area contributed by atoms with E-state index in [0.717, 1.165) is 61.4 Å². The van der Waals surface area contributed by atoms with E-state index in [-0.39, 0.29) is 0 Å². The number of amides is 1. The van der Waals surface area contributed by atoms with Gasteiger partial charge in [-0.15, -0.1) is 0 Å². The van der Waals surface area contributed by atoms with Gasteiger partial charge in [0.05, 0.1) is 5.69 Å². The van der Waals surface area contributed by atoms with Gasteiger partial charge in [0.2, 0.25) is 5.91 Å². The highest BCUT2D eigenvalue weighted by Crippen LogP contribution is 2.41. The molecule has 0 radical (unpaired) electrons. The van der Waals surface area contributed by atoms with Crippen molar-refractivity contribution >= 4 is 5.91 Å². The first-order chi connectivity index (χ1) is 12.8. The van der Waals surface area contributed by atoms with Gasteiger partial charge in [0, 0.05) is 55.0 Å². The molecule has 26 heavy (non-hydrogen) atoms. The maximum Gasteiger partial charge on any atom is 0.225 e. The number of carbonyl (C=O) groups excluding carboxylic acids is 1. The van der Waals surface area contributed by atoms with Crippen LogP contribution in [0.1, 0.15) is 61.9 Å². The smallest absolute Gasteiger partial charge is 0.225 e. The van der Waals surface area contributed by atoms with Crippen LogP contribution in [0.5, 0.6) is 0 Å². The summed E-state index contributed by atoms with van der Waals surface area (Å²) < 4.78 is 0. The predicted molar refractivity (Wildman–Crippen MR) is 98.5 cm³/mol. The number of aromatic nitrogens is 3. The first kappa shape index (κ1) is 15.9. The monoisotopic (exact) mass is 348 g/mol. The summed E-state index contributed by atoms with van der Waals surface area (Å²) in [5, 5.41) is 0. The van der Waals surface area contributed by atoms with E-state index in [2.05, 4.69) is 14.9 Å². The van der Waals surface area contributed by atoms with Crippen molar-refractivity contribution in [3.8, 4) is 11.1 Å². The first-order valence-electron chi connectivity index (χ1n) is 9.85. The fourth-order valence-electron chi connectivity index (χ4n) is 4.00. The number of rotatable bonds is 4. The quantitative estimate of drug-likeness (QED) is 0.848. The van der Waals surface area contributed by atoms with Crippen molar-refractivity contribution < 1.29 is 4.79 Å². The van der Waals surface area contributed by atoms with Crippen LogP contribution in [0.2, 0.25) is 0 Å². The molecule has 1 amide bonds. The van der Waals surface area contributed by atoms with E-state index in [9.17, 15) is 4.79 Å². The number of nitrogens with zero attached hydrogens (tertiary/aromatic N) is 4. The summed E-state index contributed by atoms with van der Waals surface area (Å²) in [6, 6.07) is 4.05. The van der Waals surface area contributed by atoms with E-state index >= 15 is 0 Å². The van der Waals surface area contributed by atoms with Crippen LogP contribution in [0.4, 0.5) is 0 Å². The van der Waals surface area contributed by atoms with Gasteiger partial charge in [-0.2, -0.15) is 0 Å². The van der Waals surface area contributed by atoms with Gasteiger partial charge in [0.25, 0.3) is 0 Å². The molecule has 0 bridgehead atoms. The molecule has 0 N–H and O–H groups in total. The molecule has 5 nitrogen and oxygen atoms in total. The third-order valence-corrected chi connectivity index (χ3v) is 5.82. The second-order valence-corrected chi connectivity index (χ2v) is 7.93. The highest BCUT2D eigenvalue weighted by atomic mass is 16.2.